The number of halogens is 1. The number of nitrogen functional groups attached to an aromatic ring is 2. The Bertz CT molecular complexity index is 1260. The first-order valence-corrected chi connectivity index (χ1v) is 12.1. The summed E-state index contributed by atoms with van der Waals surface area (Å²) in [7, 11) is 3.24. The van der Waals surface area contributed by atoms with Crippen LogP contribution < -0.4 is 27.4 Å². The van der Waals surface area contributed by atoms with Gasteiger partial charge in [0.05, 0.1) is 6.04 Å². The number of pyridine rings is 2. The van der Waals surface area contributed by atoms with Crippen molar-refractivity contribution in [2.24, 2.45) is 0 Å². The van der Waals surface area contributed by atoms with Crippen LogP contribution in [0.25, 0.3) is 0 Å². The van der Waals surface area contributed by atoms with E-state index in [4.69, 9.17) is 23.1 Å². The zero-order valence-corrected chi connectivity index (χ0v) is 22.0. The predicted octanol–water partition coefficient (Wildman–Crippen LogP) is -0.405. The van der Waals surface area contributed by atoms with Gasteiger partial charge in [0.1, 0.15) is 17.7 Å². The lowest BCUT2D eigenvalue weighted by Crippen LogP contribution is -2.52. The molecule has 5 amide bonds. The van der Waals surface area contributed by atoms with Gasteiger partial charge in [-0.05, 0) is 55.8 Å². The largest absolute Gasteiger partial charge is 0.384 e. The van der Waals surface area contributed by atoms with Crippen LogP contribution in [0.3, 0.4) is 0 Å². The minimum Gasteiger partial charge on any atom is -0.384 e. The van der Waals surface area contributed by atoms with Gasteiger partial charge in [0.2, 0.25) is 23.6 Å². The highest BCUT2D eigenvalue weighted by molar-refractivity contribution is 6.67. The lowest BCUT2D eigenvalue weighted by molar-refractivity contribution is -0.137. The monoisotopic (exact) mass is 560 g/mol. The molecule has 2 saturated heterocycles. The van der Waals surface area contributed by atoms with E-state index in [2.05, 4.69) is 25.9 Å². The van der Waals surface area contributed by atoms with Gasteiger partial charge in [-0.15, -0.1) is 0 Å². The van der Waals surface area contributed by atoms with Gasteiger partial charge in [-0.3, -0.25) is 39.4 Å². The van der Waals surface area contributed by atoms with Crippen molar-refractivity contribution in [1.29, 1.82) is 0 Å². The molecular formula is C24H29ClN8O6. The highest BCUT2D eigenvalue weighted by atomic mass is 35.5. The molecule has 2 aromatic heterocycles. The summed E-state index contributed by atoms with van der Waals surface area (Å²) in [6, 6.07) is 5.09. The van der Waals surface area contributed by atoms with Crippen LogP contribution in [-0.4, -0.2) is 75.8 Å². The maximum Gasteiger partial charge on any atom is 0.254 e. The SMILES string of the molecule is CN(C(=O)c1ccnc(N)c1)C1CCC(=O)NC1=O.CNC1CCC(=O)NC1=O.Nc1cc(C(=O)Cl)ccn1. The zero-order valence-electron chi connectivity index (χ0n) is 21.3. The molecule has 2 aliphatic heterocycles. The van der Waals surface area contributed by atoms with Crippen molar-refractivity contribution in [3.63, 3.8) is 0 Å². The second kappa shape index (κ2) is 14.5. The van der Waals surface area contributed by atoms with Gasteiger partial charge in [0.25, 0.3) is 11.1 Å². The van der Waals surface area contributed by atoms with Gasteiger partial charge in [-0.25, -0.2) is 9.97 Å². The summed E-state index contributed by atoms with van der Waals surface area (Å²) in [4.78, 5) is 75.7. The molecule has 0 spiro atoms. The molecule has 2 unspecified atom stereocenters. The maximum absolute atomic E-state index is 12.2. The molecule has 2 aliphatic rings. The van der Waals surface area contributed by atoms with E-state index in [1.54, 1.807) is 7.05 Å². The Morgan fingerprint density at radius 3 is 1.90 bits per heavy atom. The molecule has 39 heavy (non-hydrogen) atoms. The third-order valence-corrected chi connectivity index (χ3v) is 5.84. The van der Waals surface area contributed by atoms with Gasteiger partial charge in [-0.2, -0.15) is 0 Å². The maximum atomic E-state index is 12.2. The number of nitrogens with one attached hydrogen (secondary N) is 3. The van der Waals surface area contributed by atoms with Crippen molar-refractivity contribution in [3.05, 3.63) is 47.8 Å². The van der Waals surface area contributed by atoms with Crippen LogP contribution in [0.4, 0.5) is 11.6 Å². The van der Waals surface area contributed by atoms with Crippen molar-refractivity contribution in [3.8, 4) is 0 Å². The number of amides is 5. The Kier molecular flexibility index (Phi) is 11.4. The normalized spacial score (nSPS) is 18.3. The summed E-state index contributed by atoms with van der Waals surface area (Å²) in [5, 5.41) is 6.75. The quantitative estimate of drug-likeness (QED) is 0.239. The number of imide groups is 2. The molecule has 0 radical (unpaired) electrons. The molecule has 0 saturated carbocycles. The van der Waals surface area contributed by atoms with Crippen molar-refractivity contribution in [2.45, 2.75) is 37.8 Å². The first-order valence-electron chi connectivity index (χ1n) is 11.7. The fourth-order valence-electron chi connectivity index (χ4n) is 3.52. The first-order chi connectivity index (χ1) is 18.4. The lowest BCUT2D eigenvalue weighted by Gasteiger charge is -2.29. The average Bonchev–Trinajstić information content (AvgIpc) is 2.89. The third-order valence-electron chi connectivity index (χ3n) is 5.62. The van der Waals surface area contributed by atoms with E-state index in [9.17, 15) is 28.8 Å². The van der Waals surface area contributed by atoms with Crippen molar-refractivity contribution >= 4 is 58.0 Å². The summed E-state index contributed by atoms with van der Waals surface area (Å²) in [5.41, 5.74) is 11.5. The van der Waals surface area contributed by atoms with E-state index in [0.717, 1.165) is 0 Å². The fourth-order valence-corrected chi connectivity index (χ4v) is 3.64. The Hall–Kier alpha value is -4.43. The summed E-state index contributed by atoms with van der Waals surface area (Å²) < 4.78 is 0. The number of aromatic nitrogens is 2. The highest BCUT2D eigenvalue weighted by Crippen LogP contribution is 2.15. The van der Waals surface area contributed by atoms with Crippen LogP contribution in [-0.2, 0) is 19.2 Å². The number of piperidine rings is 2. The number of nitrogens with zero attached hydrogens (tertiary/aromatic N) is 3. The molecule has 4 heterocycles. The number of anilines is 2. The molecule has 208 valence electrons. The molecule has 15 heteroatoms. The number of likely N-dealkylation sites (N-methyl/N-ethyl adjacent to an activating group) is 2. The van der Waals surface area contributed by atoms with Gasteiger partial charge in [-0.1, -0.05) is 0 Å². The summed E-state index contributed by atoms with van der Waals surface area (Å²) >= 11 is 5.15. The van der Waals surface area contributed by atoms with E-state index in [1.165, 1.54) is 48.6 Å². The fraction of sp³-hybridized carbons (Fsp3) is 0.333. The molecule has 0 aliphatic carbocycles. The molecule has 2 aromatic rings. The second-order valence-electron chi connectivity index (χ2n) is 8.39. The smallest absolute Gasteiger partial charge is 0.254 e. The zero-order chi connectivity index (χ0) is 29.1. The standard InChI is InChI=1S/C12H14N4O3.C6H5ClN2O.C6H10N2O2/c1-16(8-2-3-10(17)15-11(8)18)12(19)7-4-5-14-9(13)6-7;7-6(10)4-1-2-9-5(8)3-4;1-7-4-2-3-5(9)8-6(4)10/h4-6,8H,2-3H2,1H3,(H2,13,14)(H,15,17,18);1-3H,(H2,8,9);4,7H,2-3H2,1H3,(H,8,9,10). The second-order valence-corrected chi connectivity index (χ2v) is 8.73. The van der Waals surface area contributed by atoms with Gasteiger partial charge >= 0.3 is 0 Å². The Balaban J connectivity index is 0.000000225. The van der Waals surface area contributed by atoms with Crippen LogP contribution in [0, 0.1) is 0 Å². The van der Waals surface area contributed by atoms with E-state index < -0.39 is 17.2 Å². The minimum atomic E-state index is -0.639. The summed E-state index contributed by atoms with van der Waals surface area (Å²) in [6.07, 6.45) is 4.48. The number of hydrogen-bond acceptors (Lipinski definition) is 11. The van der Waals surface area contributed by atoms with Gasteiger partial charge in [0, 0.05) is 43.4 Å². The average molecular weight is 561 g/mol. The van der Waals surface area contributed by atoms with E-state index in [0.29, 0.717) is 36.2 Å². The van der Waals surface area contributed by atoms with E-state index in [1.807, 2.05) is 0 Å². The Morgan fingerprint density at radius 2 is 1.44 bits per heavy atom. The molecule has 7 N–H and O–H groups in total. The molecule has 4 rings (SSSR count). The van der Waals surface area contributed by atoms with Crippen LogP contribution in [0.15, 0.2) is 36.7 Å². The molecule has 2 fully saturated rings. The molecular weight excluding hydrogens is 532 g/mol. The molecule has 0 aromatic carbocycles. The van der Waals surface area contributed by atoms with E-state index >= 15 is 0 Å². The molecule has 14 nitrogen and oxygen atoms in total. The number of hydrogen-bond donors (Lipinski definition) is 5. The van der Waals surface area contributed by atoms with E-state index in [-0.39, 0.29) is 41.9 Å². The van der Waals surface area contributed by atoms with Crippen LogP contribution in [0.1, 0.15) is 46.4 Å². The minimum absolute atomic E-state index is 0.170. The number of carbonyl (C=O) groups excluding carboxylic acids is 6. The Morgan fingerprint density at radius 1 is 0.923 bits per heavy atom. The first kappa shape index (κ1) is 30.8. The van der Waals surface area contributed by atoms with Crippen molar-refractivity contribution in [1.82, 2.24) is 30.8 Å². The number of carbonyl (C=O) groups is 6. The lowest BCUT2D eigenvalue weighted by atomic mass is 10.0. The summed E-state index contributed by atoms with van der Waals surface area (Å²) in [5.74, 6) is -0.933. The molecule has 0 bridgehead atoms. The molecule has 2 atom stereocenters. The topological polar surface area (TPSA) is 220 Å². The van der Waals surface area contributed by atoms with Crippen molar-refractivity contribution in [2.75, 3.05) is 25.6 Å². The summed E-state index contributed by atoms with van der Waals surface area (Å²) in [6.45, 7) is 0. The van der Waals surface area contributed by atoms with Crippen molar-refractivity contribution < 1.29 is 28.8 Å². The van der Waals surface area contributed by atoms with Crippen LogP contribution in [0.5, 0.6) is 0 Å². The third kappa shape index (κ3) is 9.43. The van der Waals surface area contributed by atoms with Gasteiger partial charge < -0.3 is 21.7 Å². The van der Waals surface area contributed by atoms with Gasteiger partial charge in [0.15, 0.2) is 0 Å². The highest BCUT2D eigenvalue weighted by Gasteiger charge is 2.32. The van der Waals surface area contributed by atoms with Crippen LogP contribution in [0.2, 0.25) is 0 Å². The predicted molar refractivity (Wildman–Crippen MR) is 141 cm³/mol. The Labute approximate surface area is 228 Å². The number of nitrogens with two attached hydrogens (primary N) is 2. The number of rotatable bonds is 4. The van der Waals surface area contributed by atoms with Crippen LogP contribution >= 0.6 is 11.6 Å².